The summed E-state index contributed by atoms with van der Waals surface area (Å²) in [5.41, 5.74) is 2.18. The minimum absolute atomic E-state index is 0.0932. The third kappa shape index (κ3) is 2.23. The third-order valence-electron chi connectivity index (χ3n) is 1.68. The lowest BCUT2D eigenvalue weighted by molar-refractivity contribution is -0.386. The van der Waals surface area contributed by atoms with Gasteiger partial charge >= 0.3 is 5.69 Å². The summed E-state index contributed by atoms with van der Waals surface area (Å²) in [6.07, 6.45) is -2.14. The Morgan fingerprint density at radius 1 is 1.62 bits per heavy atom. The third-order valence-corrected chi connectivity index (χ3v) is 2.54. The highest BCUT2D eigenvalue weighted by molar-refractivity contribution is 14.1. The molecule has 0 aliphatic carbocycles. The van der Waals surface area contributed by atoms with Gasteiger partial charge in [-0.15, -0.1) is 0 Å². The molecule has 0 bridgehead atoms. The van der Waals surface area contributed by atoms with Crippen molar-refractivity contribution in [3.8, 4) is 0 Å². The van der Waals surface area contributed by atoms with Crippen molar-refractivity contribution < 1.29 is 18.5 Å². The van der Waals surface area contributed by atoms with Gasteiger partial charge in [0.1, 0.15) is 5.56 Å². The van der Waals surface area contributed by atoms with E-state index in [1.807, 2.05) is 0 Å². The summed E-state index contributed by atoms with van der Waals surface area (Å²) in [5.74, 6) is -1.22. The van der Waals surface area contributed by atoms with Crippen LogP contribution in [0.3, 0.4) is 0 Å². The molecule has 16 heavy (non-hydrogen) atoms. The van der Waals surface area contributed by atoms with Crippen molar-refractivity contribution in [3.05, 3.63) is 31.1 Å². The fourth-order valence-corrected chi connectivity index (χ4v) is 1.70. The van der Waals surface area contributed by atoms with Gasteiger partial charge in [0.25, 0.3) is 12.3 Å². The molecular weight excluding hydrogens is 339 g/mol. The molecule has 1 amide bonds. The number of primary amides is 1. The van der Waals surface area contributed by atoms with Gasteiger partial charge in [-0.1, -0.05) is 0 Å². The second-order valence-corrected chi connectivity index (χ2v) is 3.80. The average molecular weight is 343 g/mol. The Bertz CT molecular complexity index is 466. The Kier molecular flexibility index (Phi) is 3.67. The number of pyridine rings is 1. The SMILES string of the molecule is NC(=O)c1ncc(I)c(C(F)F)c1[N+](=O)[O-]. The van der Waals surface area contributed by atoms with E-state index < -0.39 is 34.2 Å². The van der Waals surface area contributed by atoms with Crippen LogP contribution in [0.5, 0.6) is 0 Å². The van der Waals surface area contributed by atoms with Crippen LogP contribution in [-0.4, -0.2) is 15.8 Å². The van der Waals surface area contributed by atoms with Gasteiger partial charge in [-0.25, -0.2) is 13.8 Å². The zero-order chi connectivity index (χ0) is 12.5. The Morgan fingerprint density at radius 3 is 2.56 bits per heavy atom. The molecule has 0 saturated carbocycles. The van der Waals surface area contributed by atoms with Crippen LogP contribution in [0.1, 0.15) is 22.5 Å². The lowest BCUT2D eigenvalue weighted by atomic mass is 10.2. The number of carbonyl (C=O) groups excluding carboxylic acids is 1. The monoisotopic (exact) mass is 343 g/mol. The van der Waals surface area contributed by atoms with E-state index in [-0.39, 0.29) is 3.57 Å². The van der Waals surface area contributed by atoms with Crippen LogP contribution < -0.4 is 5.73 Å². The molecule has 1 aromatic heterocycles. The van der Waals surface area contributed by atoms with E-state index in [9.17, 15) is 23.7 Å². The predicted octanol–water partition coefficient (Wildman–Crippen LogP) is 1.63. The summed E-state index contributed by atoms with van der Waals surface area (Å²) < 4.78 is 25.1. The summed E-state index contributed by atoms with van der Waals surface area (Å²) in [6.45, 7) is 0. The van der Waals surface area contributed by atoms with E-state index >= 15 is 0 Å². The quantitative estimate of drug-likeness (QED) is 0.512. The number of nitro groups is 1. The molecule has 1 rings (SSSR count). The van der Waals surface area contributed by atoms with E-state index in [0.29, 0.717) is 0 Å². The first-order valence-corrected chi connectivity index (χ1v) is 4.84. The molecule has 0 aliphatic heterocycles. The normalized spacial score (nSPS) is 10.5. The minimum Gasteiger partial charge on any atom is -0.364 e. The van der Waals surface area contributed by atoms with Gasteiger partial charge in [0, 0.05) is 9.77 Å². The number of carbonyl (C=O) groups is 1. The molecule has 0 unspecified atom stereocenters. The Hall–Kier alpha value is -1.39. The zero-order valence-corrected chi connectivity index (χ0v) is 9.64. The number of hydrogen-bond acceptors (Lipinski definition) is 4. The second kappa shape index (κ2) is 4.63. The zero-order valence-electron chi connectivity index (χ0n) is 7.49. The second-order valence-electron chi connectivity index (χ2n) is 2.64. The predicted molar refractivity (Wildman–Crippen MR) is 57.1 cm³/mol. The molecule has 0 atom stereocenters. The van der Waals surface area contributed by atoms with E-state index in [2.05, 4.69) is 4.98 Å². The standard InChI is InChI=1S/C7H4F2IN3O3/c8-6(9)3-2(10)1-12-4(7(11)14)5(3)13(15)16/h1,6H,(H2,11,14). The molecule has 86 valence electrons. The number of nitrogens with zero attached hydrogens (tertiary/aromatic N) is 2. The molecule has 2 N–H and O–H groups in total. The van der Waals surface area contributed by atoms with Crippen molar-refractivity contribution >= 4 is 34.2 Å². The lowest BCUT2D eigenvalue weighted by Crippen LogP contribution is -2.17. The number of alkyl halides is 2. The molecule has 6 nitrogen and oxygen atoms in total. The van der Waals surface area contributed by atoms with Crippen molar-refractivity contribution in [2.24, 2.45) is 5.73 Å². The van der Waals surface area contributed by atoms with Crippen LogP contribution in [0.4, 0.5) is 14.5 Å². The number of rotatable bonds is 3. The lowest BCUT2D eigenvalue weighted by Gasteiger charge is -2.06. The summed E-state index contributed by atoms with van der Waals surface area (Å²) >= 11 is 1.48. The molecule has 9 heteroatoms. The van der Waals surface area contributed by atoms with Crippen LogP contribution in [0.2, 0.25) is 0 Å². The molecule has 0 aromatic carbocycles. The molecule has 1 aromatic rings. The van der Waals surface area contributed by atoms with Crippen molar-refractivity contribution in [1.82, 2.24) is 4.98 Å². The summed E-state index contributed by atoms with van der Waals surface area (Å²) in [6, 6.07) is 0. The van der Waals surface area contributed by atoms with Crippen LogP contribution in [-0.2, 0) is 0 Å². The highest BCUT2D eigenvalue weighted by Gasteiger charge is 2.31. The van der Waals surface area contributed by atoms with Gasteiger partial charge in [-0.05, 0) is 22.6 Å². The molecule has 0 radical (unpaired) electrons. The Balaban J connectivity index is 3.63. The van der Waals surface area contributed by atoms with Gasteiger partial charge in [0.15, 0.2) is 0 Å². The van der Waals surface area contributed by atoms with Gasteiger partial charge in [-0.2, -0.15) is 0 Å². The summed E-state index contributed by atoms with van der Waals surface area (Å²) in [7, 11) is 0. The fourth-order valence-electron chi connectivity index (χ4n) is 1.07. The number of hydrogen-bond donors (Lipinski definition) is 1. The maximum Gasteiger partial charge on any atom is 0.310 e. The van der Waals surface area contributed by atoms with E-state index in [1.54, 1.807) is 0 Å². The summed E-state index contributed by atoms with van der Waals surface area (Å²) in [5, 5.41) is 10.6. The maximum atomic E-state index is 12.6. The average Bonchev–Trinajstić information content (AvgIpc) is 2.15. The van der Waals surface area contributed by atoms with Crippen molar-refractivity contribution in [3.63, 3.8) is 0 Å². The van der Waals surface area contributed by atoms with Gasteiger partial charge in [0.2, 0.25) is 5.69 Å². The molecule has 0 saturated heterocycles. The largest absolute Gasteiger partial charge is 0.364 e. The molecule has 0 spiro atoms. The molecule has 1 heterocycles. The Labute approximate surface area is 101 Å². The van der Waals surface area contributed by atoms with Gasteiger partial charge in [0.05, 0.1) is 4.92 Å². The molecule has 0 aliphatic rings. The molecule has 0 fully saturated rings. The highest BCUT2D eigenvalue weighted by atomic mass is 127. The van der Waals surface area contributed by atoms with Crippen molar-refractivity contribution in [2.75, 3.05) is 0 Å². The fraction of sp³-hybridized carbons (Fsp3) is 0.143. The van der Waals surface area contributed by atoms with Crippen LogP contribution >= 0.6 is 22.6 Å². The van der Waals surface area contributed by atoms with E-state index in [0.717, 1.165) is 6.20 Å². The van der Waals surface area contributed by atoms with Gasteiger partial charge in [-0.3, -0.25) is 14.9 Å². The van der Waals surface area contributed by atoms with E-state index in [4.69, 9.17) is 5.73 Å². The van der Waals surface area contributed by atoms with Crippen LogP contribution in [0.25, 0.3) is 0 Å². The first kappa shape index (κ1) is 12.7. The van der Waals surface area contributed by atoms with Crippen LogP contribution in [0.15, 0.2) is 6.20 Å². The van der Waals surface area contributed by atoms with E-state index in [1.165, 1.54) is 22.6 Å². The van der Waals surface area contributed by atoms with Crippen LogP contribution in [0, 0.1) is 13.7 Å². The first-order chi connectivity index (χ1) is 7.36. The first-order valence-electron chi connectivity index (χ1n) is 3.77. The highest BCUT2D eigenvalue weighted by Crippen LogP contribution is 2.34. The number of aromatic nitrogens is 1. The molecular formula is C7H4F2IN3O3. The van der Waals surface area contributed by atoms with Crippen molar-refractivity contribution in [2.45, 2.75) is 6.43 Å². The topological polar surface area (TPSA) is 99.1 Å². The minimum atomic E-state index is -3.08. The van der Waals surface area contributed by atoms with Crippen molar-refractivity contribution in [1.29, 1.82) is 0 Å². The van der Waals surface area contributed by atoms with Gasteiger partial charge < -0.3 is 5.73 Å². The maximum absolute atomic E-state index is 12.6. The smallest absolute Gasteiger partial charge is 0.310 e. The number of nitrogens with two attached hydrogens (primary N) is 1. The summed E-state index contributed by atoms with van der Waals surface area (Å²) in [4.78, 5) is 23.7. The Morgan fingerprint density at radius 2 is 2.19 bits per heavy atom. The number of amides is 1. The number of halogens is 3.